The van der Waals surface area contributed by atoms with Crippen molar-refractivity contribution < 1.29 is 9.18 Å². The second-order valence-corrected chi connectivity index (χ2v) is 8.65. The Hall–Kier alpha value is -1.79. The van der Waals surface area contributed by atoms with Crippen molar-refractivity contribution in [3.63, 3.8) is 0 Å². The predicted molar refractivity (Wildman–Crippen MR) is 107 cm³/mol. The Kier molecular flexibility index (Phi) is 5.55. The molecule has 3 heterocycles. The van der Waals surface area contributed by atoms with Gasteiger partial charge in [0.2, 0.25) is 0 Å². The molecule has 2 saturated heterocycles. The van der Waals surface area contributed by atoms with E-state index in [1.165, 1.54) is 68.7 Å². The summed E-state index contributed by atoms with van der Waals surface area (Å²) in [6.45, 7) is 4.99. The van der Waals surface area contributed by atoms with Crippen LogP contribution in [0, 0.1) is 18.7 Å². The van der Waals surface area contributed by atoms with Crippen molar-refractivity contribution in [2.75, 3.05) is 19.6 Å². The lowest BCUT2D eigenvalue weighted by Crippen LogP contribution is -2.50. The number of thiazole rings is 1. The van der Waals surface area contributed by atoms with E-state index < -0.39 is 0 Å². The molecule has 4 rings (SSSR count). The number of hydrogen-bond acceptors (Lipinski definition) is 4. The lowest BCUT2D eigenvalue weighted by Gasteiger charge is -2.44. The van der Waals surface area contributed by atoms with Crippen LogP contribution in [0.5, 0.6) is 0 Å². The van der Waals surface area contributed by atoms with Crippen molar-refractivity contribution in [3.8, 4) is 10.6 Å². The highest BCUT2D eigenvalue weighted by atomic mass is 32.1. The maximum absolute atomic E-state index is 13.5. The third-order valence-electron chi connectivity index (χ3n) is 5.83. The van der Waals surface area contributed by atoms with Crippen LogP contribution in [0.4, 0.5) is 4.39 Å². The first-order valence-electron chi connectivity index (χ1n) is 9.87. The molecule has 2 aromatic rings. The van der Waals surface area contributed by atoms with E-state index in [2.05, 4.69) is 15.2 Å². The zero-order valence-corrected chi connectivity index (χ0v) is 16.5. The summed E-state index contributed by atoms with van der Waals surface area (Å²) in [7, 11) is 0. The van der Waals surface area contributed by atoms with Crippen LogP contribution in [0.25, 0.3) is 10.6 Å². The van der Waals surface area contributed by atoms with Crippen LogP contribution in [0.2, 0.25) is 0 Å². The number of halogens is 1. The van der Waals surface area contributed by atoms with Crippen LogP contribution in [0.3, 0.4) is 0 Å². The van der Waals surface area contributed by atoms with Gasteiger partial charge in [-0.2, -0.15) is 0 Å². The van der Waals surface area contributed by atoms with E-state index in [0.29, 0.717) is 33.1 Å². The first-order valence-corrected chi connectivity index (χ1v) is 10.7. The first-order chi connectivity index (χ1) is 13.1. The first kappa shape index (κ1) is 18.6. The highest BCUT2D eigenvalue weighted by Crippen LogP contribution is 2.31. The number of nitrogens with zero attached hydrogens (tertiary/aromatic N) is 2. The van der Waals surface area contributed by atoms with Crippen LogP contribution in [-0.2, 0) is 0 Å². The molecule has 1 N–H and O–H groups in total. The lowest BCUT2D eigenvalue weighted by atomic mass is 9.83. The third kappa shape index (κ3) is 4.06. The average Bonchev–Trinajstić information content (AvgIpc) is 3.08. The number of piperidine rings is 2. The molecule has 2 fully saturated rings. The van der Waals surface area contributed by atoms with E-state index in [0.717, 1.165) is 6.54 Å². The molecule has 27 heavy (non-hydrogen) atoms. The van der Waals surface area contributed by atoms with E-state index in [9.17, 15) is 9.18 Å². The molecular formula is C21H26FN3OS. The molecule has 2 aliphatic rings. The van der Waals surface area contributed by atoms with Gasteiger partial charge >= 0.3 is 0 Å². The number of aryl methyl sites for hydroxylation is 1. The van der Waals surface area contributed by atoms with Crippen molar-refractivity contribution in [1.82, 2.24) is 15.2 Å². The van der Waals surface area contributed by atoms with E-state index in [1.807, 2.05) is 13.0 Å². The molecule has 144 valence electrons. The summed E-state index contributed by atoms with van der Waals surface area (Å²) in [4.78, 5) is 20.5. The Labute approximate surface area is 163 Å². The zero-order chi connectivity index (χ0) is 18.8. The Morgan fingerprint density at radius 3 is 3.00 bits per heavy atom. The zero-order valence-electron chi connectivity index (χ0n) is 15.7. The van der Waals surface area contributed by atoms with Crippen molar-refractivity contribution >= 4 is 17.2 Å². The van der Waals surface area contributed by atoms with Crippen LogP contribution < -0.4 is 5.32 Å². The number of fused-ring (bicyclic) bond motifs is 1. The number of aromatic nitrogens is 1. The number of nitrogens with one attached hydrogen (secondary N) is 1. The Morgan fingerprint density at radius 1 is 1.30 bits per heavy atom. The number of hydrogen-bond donors (Lipinski definition) is 1. The fraction of sp³-hybridized carbons (Fsp3) is 0.524. The molecule has 1 aromatic heterocycles. The van der Waals surface area contributed by atoms with E-state index in [-0.39, 0.29) is 11.7 Å². The molecule has 2 aliphatic heterocycles. The van der Waals surface area contributed by atoms with Gasteiger partial charge in [-0.05, 0) is 63.7 Å². The van der Waals surface area contributed by atoms with Gasteiger partial charge in [-0.1, -0.05) is 18.6 Å². The molecule has 1 aromatic carbocycles. The maximum Gasteiger partial charge on any atom is 0.263 e. The number of carbonyl (C=O) groups excluding carboxylic acids is 1. The monoisotopic (exact) mass is 387 g/mol. The molecule has 4 nitrogen and oxygen atoms in total. The highest BCUT2D eigenvalue weighted by Gasteiger charge is 2.33. The fourth-order valence-corrected chi connectivity index (χ4v) is 5.45. The molecule has 0 aliphatic carbocycles. The summed E-state index contributed by atoms with van der Waals surface area (Å²) < 4.78 is 13.5. The van der Waals surface area contributed by atoms with Gasteiger partial charge in [0.15, 0.2) is 0 Å². The quantitative estimate of drug-likeness (QED) is 0.853. The largest absolute Gasteiger partial charge is 0.351 e. The van der Waals surface area contributed by atoms with Gasteiger partial charge < -0.3 is 10.2 Å². The Bertz CT molecular complexity index is 820. The normalized spacial score (nSPS) is 23.0. The van der Waals surface area contributed by atoms with Gasteiger partial charge in [0.1, 0.15) is 15.7 Å². The van der Waals surface area contributed by atoms with Crippen LogP contribution >= 0.6 is 11.3 Å². The Morgan fingerprint density at radius 2 is 2.15 bits per heavy atom. The predicted octanol–water partition coefficient (Wildman–Crippen LogP) is 4.25. The summed E-state index contributed by atoms with van der Waals surface area (Å²) >= 11 is 1.34. The van der Waals surface area contributed by atoms with Crippen LogP contribution in [0.1, 0.15) is 47.5 Å². The highest BCUT2D eigenvalue weighted by molar-refractivity contribution is 7.17. The molecule has 6 heteroatoms. The number of carbonyl (C=O) groups is 1. The second kappa shape index (κ2) is 8.07. The SMILES string of the molecule is Cc1nc(-c2cccc(F)c2)sc1C(=O)NC[C@@H]1CCCN2CCCC[C@@H]12. The summed E-state index contributed by atoms with van der Waals surface area (Å²) in [5.74, 6) is 0.195. The van der Waals surface area contributed by atoms with Gasteiger partial charge in [0.05, 0.1) is 5.69 Å². The molecule has 0 radical (unpaired) electrons. The van der Waals surface area contributed by atoms with Gasteiger partial charge in [-0.15, -0.1) is 11.3 Å². The van der Waals surface area contributed by atoms with Crippen LogP contribution in [-0.4, -0.2) is 41.5 Å². The summed E-state index contributed by atoms with van der Waals surface area (Å²) in [6.07, 6.45) is 6.27. The fourth-order valence-electron chi connectivity index (χ4n) is 4.47. The molecule has 0 saturated carbocycles. The van der Waals surface area contributed by atoms with Crippen molar-refractivity contribution in [1.29, 1.82) is 0 Å². The standard InChI is InChI=1S/C21H26FN3OS/c1-14-19(27-21(24-14)15-6-4-8-17(22)12-15)20(26)23-13-16-7-5-11-25-10-3-2-9-18(16)25/h4,6,8,12,16,18H,2-3,5,7,9-11,13H2,1H3,(H,23,26)/t16-,18-/m0/s1. The van der Waals surface area contributed by atoms with Gasteiger partial charge in [0.25, 0.3) is 5.91 Å². The minimum atomic E-state index is -0.291. The lowest BCUT2D eigenvalue weighted by molar-refractivity contribution is 0.0576. The second-order valence-electron chi connectivity index (χ2n) is 7.66. The average molecular weight is 388 g/mol. The smallest absolute Gasteiger partial charge is 0.263 e. The number of amides is 1. The molecule has 2 atom stereocenters. The molecule has 1 amide bonds. The third-order valence-corrected chi connectivity index (χ3v) is 7.03. The van der Waals surface area contributed by atoms with E-state index in [4.69, 9.17) is 0 Å². The van der Waals surface area contributed by atoms with Crippen molar-refractivity contribution in [3.05, 3.63) is 40.7 Å². The van der Waals surface area contributed by atoms with Gasteiger partial charge in [-0.3, -0.25) is 4.79 Å². The summed E-state index contributed by atoms with van der Waals surface area (Å²) in [6, 6.07) is 6.98. The molecule has 0 unspecified atom stereocenters. The summed E-state index contributed by atoms with van der Waals surface area (Å²) in [5.41, 5.74) is 1.42. The Balaban J connectivity index is 1.42. The van der Waals surface area contributed by atoms with Gasteiger partial charge in [0, 0.05) is 18.2 Å². The van der Waals surface area contributed by atoms with E-state index in [1.54, 1.807) is 6.07 Å². The molecule has 0 bridgehead atoms. The topological polar surface area (TPSA) is 45.2 Å². The van der Waals surface area contributed by atoms with Crippen molar-refractivity contribution in [2.24, 2.45) is 5.92 Å². The number of benzene rings is 1. The maximum atomic E-state index is 13.5. The minimum absolute atomic E-state index is 0.0550. The minimum Gasteiger partial charge on any atom is -0.351 e. The molecular weight excluding hydrogens is 361 g/mol. The summed E-state index contributed by atoms with van der Waals surface area (Å²) in [5, 5.41) is 3.84. The van der Waals surface area contributed by atoms with E-state index >= 15 is 0 Å². The van der Waals surface area contributed by atoms with Gasteiger partial charge in [-0.25, -0.2) is 9.37 Å². The van der Waals surface area contributed by atoms with Crippen LogP contribution in [0.15, 0.2) is 24.3 Å². The number of rotatable bonds is 4. The molecule has 0 spiro atoms. The van der Waals surface area contributed by atoms with Crippen molar-refractivity contribution in [2.45, 2.75) is 45.1 Å².